The lowest BCUT2D eigenvalue weighted by molar-refractivity contribution is -0.142. The van der Waals surface area contributed by atoms with Gasteiger partial charge in [0.25, 0.3) is 11.7 Å². The smallest absolute Gasteiger partial charge is 0.319 e. The van der Waals surface area contributed by atoms with Crippen molar-refractivity contribution in [2.24, 2.45) is 0 Å². The minimum atomic E-state index is -4.75. The maximum Gasteiger partial charge on any atom is 0.433 e. The highest BCUT2D eigenvalue weighted by Crippen LogP contribution is 2.32. The normalized spacial score (nSPS) is 11.6. The molecule has 0 fully saturated rings. The molecule has 6 nitrogen and oxygen atoms in total. The third kappa shape index (κ3) is 3.84. The Hall–Kier alpha value is -3.82. The van der Waals surface area contributed by atoms with E-state index >= 15 is 0 Å². The van der Waals surface area contributed by atoms with Gasteiger partial charge in [-0.1, -0.05) is 29.8 Å². The quantitative estimate of drug-likeness (QED) is 0.500. The molecule has 2 aromatic heterocycles. The van der Waals surface area contributed by atoms with Crippen LogP contribution in [0.5, 0.6) is 0 Å². The molecule has 1 N–H and O–H groups in total. The third-order valence-corrected chi connectivity index (χ3v) is 4.26. The largest absolute Gasteiger partial charge is 0.433 e. The van der Waals surface area contributed by atoms with Crippen LogP contribution in [-0.2, 0) is 6.18 Å². The van der Waals surface area contributed by atoms with E-state index in [1.807, 2.05) is 6.92 Å². The number of fused-ring (bicyclic) bond motifs is 1. The molecule has 0 saturated carbocycles. The van der Waals surface area contributed by atoms with Crippen molar-refractivity contribution >= 4 is 17.4 Å². The van der Waals surface area contributed by atoms with Gasteiger partial charge in [0, 0.05) is 11.3 Å². The van der Waals surface area contributed by atoms with Gasteiger partial charge < -0.3 is 5.32 Å². The first-order valence-corrected chi connectivity index (χ1v) is 8.70. The molecule has 0 atom stereocenters. The molecule has 0 saturated heterocycles. The lowest BCUT2D eigenvalue weighted by atomic mass is 10.1. The molecule has 4 rings (SSSR count). The molecule has 2 aromatic carbocycles. The summed E-state index contributed by atoms with van der Waals surface area (Å²) in [5.74, 6) is -2.22. The first-order valence-electron chi connectivity index (χ1n) is 8.70. The van der Waals surface area contributed by atoms with Crippen LogP contribution in [0.1, 0.15) is 21.9 Å². The molecule has 0 aliphatic rings. The van der Waals surface area contributed by atoms with E-state index in [1.165, 1.54) is 12.1 Å². The summed E-state index contributed by atoms with van der Waals surface area (Å²) in [5.41, 5.74) is 0.584. The van der Waals surface area contributed by atoms with Gasteiger partial charge in [-0.15, -0.1) is 5.10 Å². The summed E-state index contributed by atoms with van der Waals surface area (Å²) in [5, 5.41) is 6.08. The molecule has 0 aliphatic carbocycles. The van der Waals surface area contributed by atoms with E-state index in [0.29, 0.717) is 10.1 Å². The highest BCUT2D eigenvalue weighted by molar-refractivity contribution is 6.01. The summed E-state index contributed by atoms with van der Waals surface area (Å²) in [4.78, 5) is 20.4. The number of rotatable bonds is 3. The number of carbonyl (C=O) groups excluding carboxylic acids is 1. The molecule has 0 bridgehead atoms. The highest BCUT2D eigenvalue weighted by Gasteiger charge is 2.36. The third-order valence-electron chi connectivity index (χ3n) is 4.26. The predicted molar refractivity (Wildman–Crippen MR) is 100 cm³/mol. The number of aryl methyl sites for hydroxylation is 1. The molecule has 30 heavy (non-hydrogen) atoms. The molecule has 1 amide bonds. The number of benzene rings is 2. The fraction of sp³-hybridized carbons (Fsp3) is 0.100. The molecule has 0 radical (unpaired) electrons. The van der Waals surface area contributed by atoms with Gasteiger partial charge in [-0.2, -0.15) is 22.7 Å². The standard InChI is InChI=1S/C20H13F4N5O/c1-11-2-4-12(5-3-11)15-10-16(20(22,23)24)29-19(26-15)27-17(28-29)18(30)25-14-8-6-13(21)7-9-14/h2-10H,1H3,(H,25,30). The fourth-order valence-corrected chi connectivity index (χ4v) is 2.76. The predicted octanol–water partition coefficient (Wildman–Crippen LogP) is 4.51. The Kier molecular flexibility index (Phi) is 4.69. The molecule has 2 heterocycles. The maximum absolute atomic E-state index is 13.6. The topological polar surface area (TPSA) is 72.2 Å². The van der Waals surface area contributed by atoms with Crippen LogP contribution in [0.15, 0.2) is 54.6 Å². The van der Waals surface area contributed by atoms with E-state index in [1.54, 1.807) is 24.3 Å². The second-order valence-electron chi connectivity index (χ2n) is 6.50. The molecule has 0 spiro atoms. The Labute approximate surface area is 167 Å². The van der Waals surface area contributed by atoms with Crippen LogP contribution in [0.4, 0.5) is 23.2 Å². The monoisotopic (exact) mass is 415 g/mol. The van der Waals surface area contributed by atoms with Crippen LogP contribution in [0.2, 0.25) is 0 Å². The summed E-state index contributed by atoms with van der Waals surface area (Å²) in [6.07, 6.45) is -4.75. The van der Waals surface area contributed by atoms with Crippen molar-refractivity contribution in [2.75, 3.05) is 5.32 Å². The summed E-state index contributed by atoms with van der Waals surface area (Å²) >= 11 is 0. The minimum absolute atomic E-state index is 0.0488. The summed E-state index contributed by atoms with van der Waals surface area (Å²) in [6, 6.07) is 12.5. The van der Waals surface area contributed by atoms with E-state index < -0.39 is 29.4 Å². The van der Waals surface area contributed by atoms with Crippen molar-refractivity contribution in [1.29, 1.82) is 0 Å². The van der Waals surface area contributed by atoms with Gasteiger partial charge in [0.2, 0.25) is 5.82 Å². The number of nitrogens with zero attached hydrogens (tertiary/aromatic N) is 4. The van der Waals surface area contributed by atoms with Crippen LogP contribution in [0.3, 0.4) is 0 Å². The molecule has 0 aliphatic heterocycles. The van der Waals surface area contributed by atoms with Crippen LogP contribution in [0, 0.1) is 12.7 Å². The van der Waals surface area contributed by atoms with Crippen LogP contribution < -0.4 is 5.32 Å². The van der Waals surface area contributed by atoms with Crippen LogP contribution >= 0.6 is 0 Å². The molecular formula is C20H13F4N5O. The van der Waals surface area contributed by atoms with Gasteiger partial charge in [0.05, 0.1) is 5.69 Å². The zero-order valence-electron chi connectivity index (χ0n) is 15.4. The van der Waals surface area contributed by atoms with Crippen molar-refractivity contribution in [1.82, 2.24) is 19.6 Å². The van der Waals surface area contributed by atoms with Gasteiger partial charge in [-0.25, -0.2) is 9.37 Å². The minimum Gasteiger partial charge on any atom is -0.319 e. The number of aromatic nitrogens is 4. The van der Waals surface area contributed by atoms with E-state index in [2.05, 4.69) is 20.4 Å². The number of amides is 1. The summed E-state index contributed by atoms with van der Waals surface area (Å²) < 4.78 is 54.3. The Morgan fingerprint density at radius 2 is 1.67 bits per heavy atom. The van der Waals surface area contributed by atoms with Crippen molar-refractivity contribution in [3.8, 4) is 11.3 Å². The van der Waals surface area contributed by atoms with Gasteiger partial charge in [-0.3, -0.25) is 4.79 Å². The Balaban J connectivity index is 1.77. The van der Waals surface area contributed by atoms with E-state index in [9.17, 15) is 22.4 Å². The lowest BCUT2D eigenvalue weighted by Crippen LogP contribution is -2.16. The van der Waals surface area contributed by atoms with E-state index in [-0.39, 0.29) is 17.2 Å². The Morgan fingerprint density at radius 1 is 1.00 bits per heavy atom. The molecular weight excluding hydrogens is 402 g/mol. The summed E-state index contributed by atoms with van der Waals surface area (Å²) in [7, 11) is 0. The number of carbonyl (C=O) groups is 1. The number of halogens is 4. The van der Waals surface area contributed by atoms with E-state index in [4.69, 9.17) is 0 Å². The van der Waals surface area contributed by atoms with Gasteiger partial charge in [0.1, 0.15) is 5.82 Å². The molecule has 152 valence electrons. The van der Waals surface area contributed by atoms with Crippen molar-refractivity contribution in [3.63, 3.8) is 0 Å². The highest BCUT2D eigenvalue weighted by atomic mass is 19.4. The van der Waals surface area contributed by atoms with Crippen molar-refractivity contribution in [2.45, 2.75) is 13.1 Å². The van der Waals surface area contributed by atoms with Crippen molar-refractivity contribution < 1.29 is 22.4 Å². The Morgan fingerprint density at radius 3 is 2.30 bits per heavy atom. The second-order valence-corrected chi connectivity index (χ2v) is 6.50. The zero-order valence-corrected chi connectivity index (χ0v) is 15.4. The first-order chi connectivity index (χ1) is 14.2. The van der Waals surface area contributed by atoms with Crippen molar-refractivity contribution in [3.05, 3.63) is 77.5 Å². The number of hydrogen-bond acceptors (Lipinski definition) is 4. The first kappa shape index (κ1) is 19.5. The van der Waals surface area contributed by atoms with E-state index in [0.717, 1.165) is 23.8 Å². The Bertz CT molecular complexity index is 1230. The number of alkyl halides is 3. The van der Waals surface area contributed by atoms with Gasteiger partial charge >= 0.3 is 6.18 Å². The van der Waals surface area contributed by atoms with Gasteiger partial charge in [-0.05, 0) is 37.3 Å². The second kappa shape index (κ2) is 7.21. The number of nitrogens with one attached hydrogen (secondary N) is 1. The van der Waals surface area contributed by atoms with Gasteiger partial charge in [0.15, 0.2) is 5.69 Å². The van der Waals surface area contributed by atoms with Crippen LogP contribution in [-0.4, -0.2) is 25.5 Å². The SMILES string of the molecule is Cc1ccc(-c2cc(C(F)(F)F)n3nc(C(=O)Nc4ccc(F)cc4)nc3n2)cc1. The average Bonchev–Trinajstić information content (AvgIpc) is 3.13. The van der Waals surface area contributed by atoms with Crippen LogP contribution in [0.25, 0.3) is 17.0 Å². The lowest BCUT2D eigenvalue weighted by Gasteiger charge is -2.10. The summed E-state index contributed by atoms with van der Waals surface area (Å²) in [6.45, 7) is 1.85. The fourth-order valence-electron chi connectivity index (χ4n) is 2.76. The maximum atomic E-state index is 13.6. The molecule has 0 unspecified atom stereocenters. The molecule has 4 aromatic rings. The average molecular weight is 415 g/mol. The zero-order chi connectivity index (χ0) is 21.5. The molecule has 10 heteroatoms. The number of anilines is 1. The number of hydrogen-bond donors (Lipinski definition) is 1.